The molecule has 1 aromatic heterocycles. The van der Waals surface area contributed by atoms with Gasteiger partial charge in [0, 0.05) is 27.4 Å². The molecule has 0 amide bonds. The van der Waals surface area contributed by atoms with Crippen molar-refractivity contribution >= 4 is 38.5 Å². The van der Waals surface area contributed by atoms with Crippen LogP contribution in [0.4, 0.5) is 0 Å². The Balaban J connectivity index is 2.13. The Labute approximate surface area is 118 Å². The number of halogens is 2. The van der Waals surface area contributed by atoms with Crippen molar-refractivity contribution in [3.8, 4) is 11.3 Å². The maximum atomic E-state index is 5.92. The van der Waals surface area contributed by atoms with E-state index >= 15 is 0 Å². The van der Waals surface area contributed by atoms with Crippen LogP contribution in [0.1, 0.15) is 5.56 Å². The largest absolute Gasteiger partial charge is 0.356 e. The van der Waals surface area contributed by atoms with Crippen LogP contribution in [0.15, 0.2) is 47.0 Å². The molecular formula is C14H9BrClNO. The molecule has 0 atom stereocenters. The summed E-state index contributed by atoms with van der Waals surface area (Å²) in [6.07, 6.45) is 0. The summed E-state index contributed by atoms with van der Waals surface area (Å²) >= 11 is 9.35. The Morgan fingerprint density at radius 3 is 2.61 bits per heavy atom. The van der Waals surface area contributed by atoms with Crippen LogP contribution < -0.4 is 0 Å². The molecule has 0 aliphatic carbocycles. The predicted octanol–water partition coefficient (Wildman–Crippen LogP) is 5.04. The third-order valence-corrected chi connectivity index (χ3v) is 3.70. The number of hydrogen-bond acceptors (Lipinski definition) is 2. The summed E-state index contributed by atoms with van der Waals surface area (Å²) in [5, 5.41) is 6.60. The highest BCUT2D eigenvalue weighted by Gasteiger charge is 2.10. The fraction of sp³-hybridized carbons (Fsp3) is 0.0714. The van der Waals surface area contributed by atoms with Crippen molar-refractivity contribution < 1.29 is 4.52 Å². The number of rotatable bonds is 2. The molecule has 1 heterocycles. The molecule has 0 aliphatic heterocycles. The van der Waals surface area contributed by atoms with Gasteiger partial charge in [-0.05, 0) is 17.7 Å². The van der Waals surface area contributed by atoms with E-state index in [1.807, 2.05) is 24.3 Å². The fourth-order valence-corrected chi connectivity index (χ4v) is 2.41. The molecule has 0 spiro atoms. The van der Waals surface area contributed by atoms with Crippen molar-refractivity contribution in [2.24, 2.45) is 0 Å². The van der Waals surface area contributed by atoms with Gasteiger partial charge < -0.3 is 4.52 Å². The van der Waals surface area contributed by atoms with E-state index in [4.69, 9.17) is 16.1 Å². The zero-order valence-corrected chi connectivity index (χ0v) is 11.7. The van der Waals surface area contributed by atoms with Crippen molar-refractivity contribution in [2.45, 2.75) is 5.33 Å². The van der Waals surface area contributed by atoms with Crippen molar-refractivity contribution in [3.05, 3.63) is 53.1 Å². The quantitative estimate of drug-likeness (QED) is 0.618. The van der Waals surface area contributed by atoms with Crippen LogP contribution in [0, 0.1) is 0 Å². The zero-order chi connectivity index (χ0) is 12.5. The van der Waals surface area contributed by atoms with Crippen LogP contribution in [0.5, 0.6) is 0 Å². The predicted molar refractivity (Wildman–Crippen MR) is 77.1 cm³/mol. The molecule has 18 heavy (non-hydrogen) atoms. The second-order valence-corrected chi connectivity index (χ2v) is 5.00. The van der Waals surface area contributed by atoms with Crippen molar-refractivity contribution in [2.75, 3.05) is 0 Å². The Morgan fingerprint density at radius 2 is 1.89 bits per heavy atom. The minimum Gasteiger partial charge on any atom is -0.356 e. The number of aromatic nitrogens is 1. The normalized spacial score (nSPS) is 11.0. The van der Waals surface area contributed by atoms with Gasteiger partial charge in [-0.25, -0.2) is 0 Å². The van der Waals surface area contributed by atoms with Crippen LogP contribution >= 0.6 is 27.5 Å². The minimum atomic E-state index is 0.653. The van der Waals surface area contributed by atoms with Crippen LogP contribution in [0.2, 0.25) is 5.02 Å². The van der Waals surface area contributed by atoms with Crippen LogP contribution in [0.25, 0.3) is 22.2 Å². The average Bonchev–Trinajstić information content (AvgIpc) is 2.81. The average molecular weight is 323 g/mol. The van der Waals surface area contributed by atoms with Gasteiger partial charge in [0.25, 0.3) is 0 Å². The molecule has 0 saturated heterocycles. The van der Waals surface area contributed by atoms with Gasteiger partial charge >= 0.3 is 0 Å². The lowest BCUT2D eigenvalue weighted by Crippen LogP contribution is -1.80. The lowest BCUT2D eigenvalue weighted by molar-refractivity contribution is 0.459. The summed E-state index contributed by atoms with van der Waals surface area (Å²) in [6, 6.07) is 13.8. The highest BCUT2D eigenvalue weighted by atomic mass is 79.9. The van der Waals surface area contributed by atoms with Gasteiger partial charge in [0.15, 0.2) is 5.58 Å². The van der Waals surface area contributed by atoms with Crippen LogP contribution in [-0.4, -0.2) is 5.16 Å². The molecule has 0 radical (unpaired) electrons. The molecular weight excluding hydrogens is 314 g/mol. The Hall–Kier alpha value is -1.32. The summed E-state index contributed by atoms with van der Waals surface area (Å²) in [5.74, 6) is 0. The lowest BCUT2D eigenvalue weighted by atomic mass is 10.1. The SMILES string of the molecule is Clc1ccc2c(-c3ccc(CBr)cc3)noc2c1. The lowest BCUT2D eigenvalue weighted by Gasteiger charge is -1.99. The third-order valence-electron chi connectivity index (χ3n) is 2.82. The molecule has 90 valence electrons. The summed E-state index contributed by atoms with van der Waals surface area (Å²) in [4.78, 5) is 0. The Morgan fingerprint density at radius 1 is 1.11 bits per heavy atom. The Bertz CT molecular complexity index is 691. The summed E-state index contributed by atoms with van der Waals surface area (Å²) in [5.41, 5.74) is 3.83. The molecule has 0 unspecified atom stereocenters. The van der Waals surface area contributed by atoms with Crippen molar-refractivity contribution in [1.82, 2.24) is 5.16 Å². The first-order valence-electron chi connectivity index (χ1n) is 5.48. The van der Waals surface area contributed by atoms with E-state index in [0.717, 1.165) is 22.0 Å². The summed E-state index contributed by atoms with van der Waals surface area (Å²) in [6.45, 7) is 0. The van der Waals surface area contributed by atoms with Gasteiger partial charge in [-0.3, -0.25) is 0 Å². The smallest absolute Gasteiger partial charge is 0.169 e. The monoisotopic (exact) mass is 321 g/mol. The standard InChI is InChI=1S/C14H9BrClNO/c15-8-9-1-3-10(4-2-9)14-12-6-5-11(16)7-13(12)18-17-14/h1-7H,8H2. The van der Waals surface area contributed by atoms with Crippen LogP contribution in [-0.2, 0) is 5.33 Å². The van der Waals surface area contributed by atoms with E-state index < -0.39 is 0 Å². The summed E-state index contributed by atoms with van der Waals surface area (Å²) < 4.78 is 5.30. The number of alkyl halides is 1. The topological polar surface area (TPSA) is 26.0 Å². The van der Waals surface area contributed by atoms with Gasteiger partial charge in [0.2, 0.25) is 0 Å². The molecule has 0 saturated carbocycles. The first-order chi connectivity index (χ1) is 8.78. The molecule has 4 heteroatoms. The second-order valence-electron chi connectivity index (χ2n) is 4.00. The van der Waals surface area contributed by atoms with Gasteiger partial charge in [-0.15, -0.1) is 0 Å². The minimum absolute atomic E-state index is 0.653. The number of benzene rings is 2. The first kappa shape index (κ1) is 11.8. The molecule has 3 rings (SSSR count). The van der Waals surface area contributed by atoms with E-state index in [1.54, 1.807) is 6.07 Å². The molecule has 3 aromatic rings. The highest BCUT2D eigenvalue weighted by molar-refractivity contribution is 9.08. The Kier molecular flexibility index (Phi) is 3.10. The summed E-state index contributed by atoms with van der Waals surface area (Å²) in [7, 11) is 0. The first-order valence-corrected chi connectivity index (χ1v) is 6.98. The van der Waals surface area contributed by atoms with Gasteiger partial charge in [0.05, 0.1) is 0 Å². The molecule has 2 aromatic carbocycles. The maximum absolute atomic E-state index is 5.92. The fourth-order valence-electron chi connectivity index (χ4n) is 1.87. The van der Waals surface area contributed by atoms with E-state index in [2.05, 4.69) is 33.2 Å². The maximum Gasteiger partial charge on any atom is 0.169 e. The second kappa shape index (κ2) is 4.75. The number of fused-ring (bicyclic) bond motifs is 1. The van der Waals surface area contributed by atoms with E-state index in [-0.39, 0.29) is 0 Å². The molecule has 2 nitrogen and oxygen atoms in total. The number of hydrogen-bond donors (Lipinski definition) is 0. The van der Waals surface area contributed by atoms with E-state index in [0.29, 0.717) is 10.6 Å². The van der Waals surface area contributed by atoms with Crippen molar-refractivity contribution in [3.63, 3.8) is 0 Å². The van der Waals surface area contributed by atoms with Crippen molar-refractivity contribution in [1.29, 1.82) is 0 Å². The van der Waals surface area contributed by atoms with E-state index in [9.17, 15) is 0 Å². The van der Waals surface area contributed by atoms with E-state index in [1.165, 1.54) is 5.56 Å². The number of nitrogens with zero attached hydrogens (tertiary/aromatic N) is 1. The highest BCUT2D eigenvalue weighted by Crippen LogP contribution is 2.29. The molecule has 0 N–H and O–H groups in total. The molecule has 0 fully saturated rings. The van der Waals surface area contributed by atoms with Gasteiger partial charge in [-0.1, -0.05) is 57.0 Å². The third kappa shape index (κ3) is 2.04. The molecule has 0 bridgehead atoms. The van der Waals surface area contributed by atoms with Crippen LogP contribution in [0.3, 0.4) is 0 Å². The zero-order valence-electron chi connectivity index (χ0n) is 9.36. The molecule has 0 aliphatic rings. The van der Waals surface area contributed by atoms with Gasteiger partial charge in [0.1, 0.15) is 5.69 Å². The van der Waals surface area contributed by atoms with Gasteiger partial charge in [-0.2, -0.15) is 0 Å².